The number of aryl methyl sites for hydroxylation is 1. The van der Waals surface area contributed by atoms with Crippen LogP contribution in [0.4, 0.5) is 0 Å². The van der Waals surface area contributed by atoms with Gasteiger partial charge in [-0.1, -0.05) is 6.07 Å². The molecular weight excluding hydrogens is 320 g/mol. The number of carbonyl (C=O) groups excluding carboxylic acids is 1. The fraction of sp³-hybridized carbons (Fsp3) is 0.444. The van der Waals surface area contributed by atoms with Gasteiger partial charge >= 0.3 is 0 Å². The monoisotopic (exact) mass is 342 g/mol. The van der Waals surface area contributed by atoms with Crippen molar-refractivity contribution in [3.63, 3.8) is 0 Å². The molecular formula is C18H22N4O3. The third kappa shape index (κ3) is 4.51. The standard InChI is InChI=1S/C18H22N4O3/c1-12-14(9-16(23)20-10-13-5-4-8-25-11-13)18(24)22-17(21-12)15-6-2-3-7-19-15/h2-3,6-7,13H,4-5,8-11H2,1H3,(H,20,23)(H,21,22,24)/t13-/m1/s1. The number of ether oxygens (including phenoxy) is 1. The van der Waals surface area contributed by atoms with Crippen LogP contribution in [-0.2, 0) is 16.0 Å². The van der Waals surface area contributed by atoms with E-state index in [1.807, 2.05) is 6.07 Å². The van der Waals surface area contributed by atoms with E-state index in [9.17, 15) is 9.59 Å². The molecule has 1 fully saturated rings. The highest BCUT2D eigenvalue weighted by Crippen LogP contribution is 2.13. The third-order valence-electron chi connectivity index (χ3n) is 4.31. The predicted molar refractivity (Wildman–Crippen MR) is 93.1 cm³/mol. The van der Waals surface area contributed by atoms with E-state index in [2.05, 4.69) is 20.3 Å². The van der Waals surface area contributed by atoms with Crippen LogP contribution >= 0.6 is 0 Å². The van der Waals surface area contributed by atoms with Gasteiger partial charge in [0.05, 0.1) is 13.0 Å². The third-order valence-corrected chi connectivity index (χ3v) is 4.31. The van der Waals surface area contributed by atoms with E-state index < -0.39 is 0 Å². The normalized spacial score (nSPS) is 17.2. The zero-order chi connectivity index (χ0) is 17.6. The number of carbonyl (C=O) groups is 1. The molecule has 0 radical (unpaired) electrons. The number of rotatable bonds is 5. The van der Waals surface area contributed by atoms with Gasteiger partial charge in [-0.2, -0.15) is 0 Å². The van der Waals surface area contributed by atoms with E-state index in [4.69, 9.17) is 4.74 Å². The summed E-state index contributed by atoms with van der Waals surface area (Å²) < 4.78 is 5.40. The van der Waals surface area contributed by atoms with Crippen LogP contribution in [0.2, 0.25) is 0 Å². The van der Waals surface area contributed by atoms with Crippen molar-refractivity contribution in [2.24, 2.45) is 5.92 Å². The molecule has 3 heterocycles. The minimum absolute atomic E-state index is 0.0181. The van der Waals surface area contributed by atoms with Crippen molar-refractivity contribution in [3.05, 3.63) is 46.0 Å². The molecule has 0 bridgehead atoms. The quantitative estimate of drug-likeness (QED) is 0.852. The van der Waals surface area contributed by atoms with Gasteiger partial charge in [0, 0.05) is 30.6 Å². The lowest BCUT2D eigenvalue weighted by Crippen LogP contribution is -2.35. The maximum Gasteiger partial charge on any atom is 0.255 e. The Morgan fingerprint density at radius 1 is 1.44 bits per heavy atom. The highest BCUT2D eigenvalue weighted by molar-refractivity contribution is 5.78. The van der Waals surface area contributed by atoms with Crippen molar-refractivity contribution in [1.29, 1.82) is 0 Å². The number of H-pyrrole nitrogens is 1. The Balaban J connectivity index is 1.66. The summed E-state index contributed by atoms with van der Waals surface area (Å²) in [6.45, 7) is 3.79. The second-order valence-electron chi connectivity index (χ2n) is 6.26. The second kappa shape index (κ2) is 8.02. The highest BCUT2D eigenvalue weighted by Gasteiger charge is 2.17. The largest absolute Gasteiger partial charge is 0.381 e. The molecule has 25 heavy (non-hydrogen) atoms. The van der Waals surface area contributed by atoms with Crippen molar-refractivity contribution < 1.29 is 9.53 Å². The molecule has 0 spiro atoms. The summed E-state index contributed by atoms with van der Waals surface area (Å²) in [5.74, 6) is 0.583. The SMILES string of the molecule is Cc1nc(-c2ccccn2)[nH]c(=O)c1CC(=O)NC[C@H]1CCCOC1. The van der Waals surface area contributed by atoms with E-state index in [1.165, 1.54) is 0 Å². The smallest absolute Gasteiger partial charge is 0.255 e. The van der Waals surface area contributed by atoms with E-state index in [1.54, 1.807) is 25.3 Å². The first-order valence-electron chi connectivity index (χ1n) is 8.49. The van der Waals surface area contributed by atoms with Crippen LogP contribution < -0.4 is 10.9 Å². The molecule has 0 aromatic carbocycles. The molecule has 0 aliphatic carbocycles. The van der Waals surface area contributed by atoms with Gasteiger partial charge in [-0.05, 0) is 37.8 Å². The van der Waals surface area contributed by atoms with Gasteiger partial charge in [0.2, 0.25) is 5.91 Å². The average molecular weight is 342 g/mol. The minimum atomic E-state index is -0.302. The fourth-order valence-electron chi connectivity index (χ4n) is 2.89. The molecule has 1 saturated heterocycles. The highest BCUT2D eigenvalue weighted by atomic mass is 16.5. The lowest BCUT2D eigenvalue weighted by molar-refractivity contribution is -0.120. The van der Waals surface area contributed by atoms with E-state index in [-0.39, 0.29) is 17.9 Å². The molecule has 2 N–H and O–H groups in total. The number of pyridine rings is 1. The van der Waals surface area contributed by atoms with Crippen LogP contribution in [-0.4, -0.2) is 40.6 Å². The number of hydrogen-bond donors (Lipinski definition) is 2. The molecule has 1 atom stereocenters. The van der Waals surface area contributed by atoms with Gasteiger partial charge in [-0.15, -0.1) is 0 Å². The summed E-state index contributed by atoms with van der Waals surface area (Å²) in [7, 11) is 0. The Hall–Kier alpha value is -2.54. The Bertz CT molecular complexity index is 783. The van der Waals surface area contributed by atoms with Crippen LogP contribution in [0.3, 0.4) is 0 Å². The molecule has 132 valence electrons. The number of aromatic nitrogens is 3. The zero-order valence-electron chi connectivity index (χ0n) is 14.2. The number of nitrogens with one attached hydrogen (secondary N) is 2. The van der Waals surface area contributed by atoms with Crippen molar-refractivity contribution in [1.82, 2.24) is 20.3 Å². The summed E-state index contributed by atoms with van der Waals surface area (Å²) >= 11 is 0. The maximum atomic E-state index is 12.4. The van der Waals surface area contributed by atoms with Gasteiger partial charge in [0.25, 0.3) is 5.56 Å². The van der Waals surface area contributed by atoms with Crippen molar-refractivity contribution in [3.8, 4) is 11.5 Å². The number of nitrogens with zero attached hydrogens (tertiary/aromatic N) is 2. The number of aromatic amines is 1. The zero-order valence-corrected chi connectivity index (χ0v) is 14.2. The van der Waals surface area contributed by atoms with Gasteiger partial charge in [0.1, 0.15) is 5.69 Å². The van der Waals surface area contributed by atoms with Crippen LogP contribution in [0.5, 0.6) is 0 Å². The van der Waals surface area contributed by atoms with Gasteiger partial charge in [-0.25, -0.2) is 4.98 Å². The summed E-state index contributed by atoms with van der Waals surface area (Å²) in [5, 5.41) is 2.89. The van der Waals surface area contributed by atoms with E-state index >= 15 is 0 Å². The van der Waals surface area contributed by atoms with Crippen LogP contribution in [0.1, 0.15) is 24.1 Å². The predicted octanol–water partition coefficient (Wildman–Crippen LogP) is 1.23. The van der Waals surface area contributed by atoms with Crippen molar-refractivity contribution in [2.45, 2.75) is 26.2 Å². The first-order valence-corrected chi connectivity index (χ1v) is 8.49. The lowest BCUT2D eigenvalue weighted by atomic mass is 10.0. The van der Waals surface area contributed by atoms with Gasteiger partial charge < -0.3 is 15.0 Å². The summed E-state index contributed by atoms with van der Waals surface area (Å²) in [6.07, 6.45) is 3.74. The van der Waals surface area contributed by atoms with Gasteiger partial charge in [-0.3, -0.25) is 14.6 Å². The Kier molecular flexibility index (Phi) is 5.55. The van der Waals surface area contributed by atoms with Crippen LogP contribution in [0.25, 0.3) is 11.5 Å². The van der Waals surface area contributed by atoms with Gasteiger partial charge in [0.15, 0.2) is 5.82 Å². The first-order chi connectivity index (χ1) is 12.1. The first kappa shape index (κ1) is 17.3. The summed E-state index contributed by atoms with van der Waals surface area (Å²) in [4.78, 5) is 35.8. The Labute approximate surface area is 145 Å². The van der Waals surface area contributed by atoms with Crippen molar-refractivity contribution in [2.75, 3.05) is 19.8 Å². The molecule has 0 saturated carbocycles. The molecule has 0 unspecified atom stereocenters. The molecule has 1 aliphatic heterocycles. The number of hydrogen-bond acceptors (Lipinski definition) is 5. The summed E-state index contributed by atoms with van der Waals surface area (Å²) in [5.41, 5.74) is 1.22. The summed E-state index contributed by atoms with van der Waals surface area (Å²) in [6, 6.07) is 5.40. The van der Waals surface area contributed by atoms with E-state index in [0.29, 0.717) is 41.8 Å². The minimum Gasteiger partial charge on any atom is -0.381 e. The molecule has 1 amide bonds. The van der Waals surface area contributed by atoms with Crippen LogP contribution in [0, 0.1) is 12.8 Å². The Morgan fingerprint density at radius 2 is 2.32 bits per heavy atom. The molecule has 3 rings (SSSR count). The molecule has 2 aromatic heterocycles. The molecule has 7 nitrogen and oxygen atoms in total. The topological polar surface area (TPSA) is 97.0 Å². The molecule has 2 aromatic rings. The number of amides is 1. The van der Waals surface area contributed by atoms with E-state index in [0.717, 1.165) is 19.4 Å². The molecule has 7 heteroatoms. The van der Waals surface area contributed by atoms with Crippen LogP contribution in [0.15, 0.2) is 29.2 Å². The van der Waals surface area contributed by atoms with Crippen molar-refractivity contribution >= 4 is 5.91 Å². The lowest BCUT2D eigenvalue weighted by Gasteiger charge is -2.22. The maximum absolute atomic E-state index is 12.4. The second-order valence-corrected chi connectivity index (χ2v) is 6.26. The average Bonchev–Trinajstić information content (AvgIpc) is 2.64. The fourth-order valence-corrected chi connectivity index (χ4v) is 2.89. The molecule has 1 aliphatic rings. The Morgan fingerprint density at radius 3 is 3.00 bits per heavy atom.